The van der Waals surface area contributed by atoms with Crippen LogP contribution in [0.2, 0.25) is 0 Å². The van der Waals surface area contributed by atoms with E-state index in [0.29, 0.717) is 24.3 Å². The molecule has 0 saturated heterocycles. The molecular weight excluding hydrogens is 400 g/mol. The summed E-state index contributed by atoms with van der Waals surface area (Å²) in [6, 6.07) is 23.0. The highest BCUT2D eigenvalue weighted by Gasteiger charge is 2.10. The fourth-order valence-corrected chi connectivity index (χ4v) is 3.29. The molecule has 0 saturated carbocycles. The molecule has 0 atom stereocenters. The summed E-state index contributed by atoms with van der Waals surface area (Å²) in [6.07, 6.45) is 3.71. The highest BCUT2D eigenvalue weighted by Crippen LogP contribution is 2.26. The molecule has 0 unspecified atom stereocenters. The molecule has 3 aromatic rings. The quantitative estimate of drug-likeness (QED) is 0.258. The summed E-state index contributed by atoms with van der Waals surface area (Å²) in [5.41, 5.74) is 5.03. The van der Waals surface area contributed by atoms with Gasteiger partial charge in [-0.25, -0.2) is 9.59 Å². The molecule has 0 N–H and O–H groups in total. The normalized spacial score (nSPS) is 10.6. The molecule has 0 bridgehead atoms. The van der Waals surface area contributed by atoms with Gasteiger partial charge in [-0.15, -0.1) is 0 Å². The van der Waals surface area contributed by atoms with Crippen LogP contribution in [0.5, 0.6) is 0 Å². The Labute approximate surface area is 190 Å². The Morgan fingerprint density at radius 3 is 1.38 bits per heavy atom. The van der Waals surface area contributed by atoms with Crippen LogP contribution in [0.15, 0.2) is 72.8 Å². The number of esters is 2. The zero-order valence-electron chi connectivity index (χ0n) is 18.8. The number of hydrogen-bond acceptors (Lipinski definition) is 4. The second kappa shape index (κ2) is 11.8. The van der Waals surface area contributed by atoms with Gasteiger partial charge in [0.2, 0.25) is 0 Å². The third kappa shape index (κ3) is 6.30. The monoisotopic (exact) mass is 430 g/mol. The van der Waals surface area contributed by atoms with Gasteiger partial charge >= 0.3 is 11.9 Å². The van der Waals surface area contributed by atoms with E-state index in [2.05, 4.69) is 13.8 Å². The molecule has 0 fully saturated rings. The van der Waals surface area contributed by atoms with Crippen molar-refractivity contribution in [1.29, 1.82) is 0 Å². The van der Waals surface area contributed by atoms with Crippen LogP contribution in [-0.2, 0) is 9.47 Å². The summed E-state index contributed by atoms with van der Waals surface area (Å²) in [5.74, 6) is -0.584. The summed E-state index contributed by atoms with van der Waals surface area (Å²) in [6.45, 7) is 5.01. The first-order chi connectivity index (χ1) is 15.6. The van der Waals surface area contributed by atoms with Crippen LogP contribution in [0.3, 0.4) is 0 Å². The molecule has 32 heavy (non-hydrogen) atoms. The maximum Gasteiger partial charge on any atom is 0.338 e. The lowest BCUT2D eigenvalue weighted by atomic mass is 9.98. The van der Waals surface area contributed by atoms with Gasteiger partial charge in [-0.3, -0.25) is 0 Å². The molecule has 3 rings (SSSR count). The van der Waals surface area contributed by atoms with E-state index in [-0.39, 0.29) is 11.9 Å². The number of ether oxygens (including phenoxy) is 2. The summed E-state index contributed by atoms with van der Waals surface area (Å²) in [7, 11) is 0. The number of unbranched alkanes of at least 4 members (excludes halogenated alkanes) is 2. The van der Waals surface area contributed by atoms with Gasteiger partial charge in [-0.05, 0) is 59.4 Å². The van der Waals surface area contributed by atoms with Gasteiger partial charge in [0, 0.05) is 0 Å². The van der Waals surface area contributed by atoms with Crippen LogP contribution < -0.4 is 0 Å². The standard InChI is InChI=1S/C28H30O4/c1-3-5-17-31-27(29)25-11-7-9-23(19-25)21-13-15-22(16-14-21)24-10-8-12-26(20-24)28(30)32-18-6-4-2/h7-16,19-20H,3-6,17-18H2,1-2H3. The Hall–Kier alpha value is -3.40. The molecule has 166 valence electrons. The van der Waals surface area contributed by atoms with Gasteiger partial charge in [0.05, 0.1) is 24.3 Å². The lowest BCUT2D eigenvalue weighted by Crippen LogP contribution is -2.06. The second-order valence-corrected chi connectivity index (χ2v) is 7.72. The van der Waals surface area contributed by atoms with Gasteiger partial charge in [-0.1, -0.05) is 75.2 Å². The summed E-state index contributed by atoms with van der Waals surface area (Å²) in [4.78, 5) is 24.5. The number of rotatable bonds is 10. The lowest BCUT2D eigenvalue weighted by molar-refractivity contribution is 0.0490. The SMILES string of the molecule is CCCCOC(=O)c1cccc(-c2ccc(-c3cccc(C(=O)OCCCC)c3)cc2)c1. The minimum absolute atomic E-state index is 0.292. The van der Waals surface area contributed by atoms with Gasteiger partial charge in [-0.2, -0.15) is 0 Å². The van der Waals surface area contributed by atoms with Gasteiger partial charge < -0.3 is 9.47 Å². The van der Waals surface area contributed by atoms with Crippen LogP contribution in [-0.4, -0.2) is 25.2 Å². The zero-order chi connectivity index (χ0) is 22.8. The van der Waals surface area contributed by atoms with Crippen molar-refractivity contribution in [2.75, 3.05) is 13.2 Å². The van der Waals surface area contributed by atoms with Crippen LogP contribution in [0, 0.1) is 0 Å². The molecule has 0 amide bonds. The molecule has 4 nitrogen and oxygen atoms in total. The first kappa shape index (κ1) is 23.3. The van der Waals surface area contributed by atoms with Crippen molar-refractivity contribution in [3.8, 4) is 22.3 Å². The third-order valence-electron chi connectivity index (χ3n) is 5.21. The van der Waals surface area contributed by atoms with Crippen LogP contribution in [0.25, 0.3) is 22.3 Å². The molecule has 0 aromatic heterocycles. The van der Waals surface area contributed by atoms with Crippen molar-refractivity contribution < 1.29 is 19.1 Å². The molecule has 0 aliphatic rings. The first-order valence-electron chi connectivity index (χ1n) is 11.3. The van der Waals surface area contributed by atoms with Gasteiger partial charge in [0.25, 0.3) is 0 Å². The first-order valence-corrected chi connectivity index (χ1v) is 11.3. The number of hydrogen-bond donors (Lipinski definition) is 0. The van der Waals surface area contributed by atoms with Crippen LogP contribution in [0.1, 0.15) is 60.2 Å². The Balaban J connectivity index is 1.73. The van der Waals surface area contributed by atoms with Crippen molar-refractivity contribution in [2.24, 2.45) is 0 Å². The van der Waals surface area contributed by atoms with Crippen LogP contribution >= 0.6 is 0 Å². The van der Waals surface area contributed by atoms with E-state index in [4.69, 9.17) is 9.47 Å². The highest BCUT2D eigenvalue weighted by molar-refractivity contribution is 5.92. The zero-order valence-corrected chi connectivity index (χ0v) is 18.8. The number of benzene rings is 3. The molecular formula is C28H30O4. The van der Waals surface area contributed by atoms with Gasteiger partial charge in [0.15, 0.2) is 0 Å². The third-order valence-corrected chi connectivity index (χ3v) is 5.21. The van der Waals surface area contributed by atoms with E-state index in [1.807, 2.05) is 60.7 Å². The van der Waals surface area contributed by atoms with E-state index in [0.717, 1.165) is 47.9 Å². The maximum absolute atomic E-state index is 12.3. The van der Waals surface area contributed by atoms with Crippen molar-refractivity contribution in [1.82, 2.24) is 0 Å². The molecule has 3 aromatic carbocycles. The number of carbonyl (C=O) groups excluding carboxylic acids is 2. The van der Waals surface area contributed by atoms with Gasteiger partial charge in [0.1, 0.15) is 0 Å². The van der Waals surface area contributed by atoms with E-state index in [1.165, 1.54) is 0 Å². The fraction of sp³-hybridized carbons (Fsp3) is 0.286. The lowest BCUT2D eigenvalue weighted by Gasteiger charge is -2.09. The highest BCUT2D eigenvalue weighted by atomic mass is 16.5. The molecule has 4 heteroatoms. The van der Waals surface area contributed by atoms with Crippen molar-refractivity contribution in [3.63, 3.8) is 0 Å². The Kier molecular flexibility index (Phi) is 8.61. The Bertz CT molecular complexity index is 953. The molecule has 0 aliphatic heterocycles. The van der Waals surface area contributed by atoms with E-state index in [1.54, 1.807) is 12.1 Å². The smallest absolute Gasteiger partial charge is 0.338 e. The number of carbonyl (C=O) groups is 2. The van der Waals surface area contributed by atoms with E-state index < -0.39 is 0 Å². The summed E-state index contributed by atoms with van der Waals surface area (Å²) >= 11 is 0. The van der Waals surface area contributed by atoms with Crippen molar-refractivity contribution >= 4 is 11.9 Å². The Morgan fingerprint density at radius 2 is 1.00 bits per heavy atom. The Morgan fingerprint density at radius 1 is 0.594 bits per heavy atom. The molecule has 0 aliphatic carbocycles. The average molecular weight is 431 g/mol. The van der Waals surface area contributed by atoms with Crippen molar-refractivity contribution in [3.05, 3.63) is 83.9 Å². The predicted octanol–water partition coefficient (Wildman–Crippen LogP) is 6.93. The average Bonchev–Trinajstić information content (AvgIpc) is 2.84. The minimum atomic E-state index is -0.292. The molecule has 0 radical (unpaired) electrons. The summed E-state index contributed by atoms with van der Waals surface area (Å²) < 4.78 is 10.6. The topological polar surface area (TPSA) is 52.6 Å². The molecule has 0 spiro atoms. The summed E-state index contributed by atoms with van der Waals surface area (Å²) in [5, 5.41) is 0. The predicted molar refractivity (Wildman–Crippen MR) is 128 cm³/mol. The fourth-order valence-electron chi connectivity index (χ4n) is 3.29. The van der Waals surface area contributed by atoms with E-state index in [9.17, 15) is 9.59 Å². The maximum atomic E-state index is 12.3. The second-order valence-electron chi connectivity index (χ2n) is 7.72. The van der Waals surface area contributed by atoms with E-state index >= 15 is 0 Å². The molecule has 0 heterocycles. The van der Waals surface area contributed by atoms with Crippen LogP contribution in [0.4, 0.5) is 0 Å². The minimum Gasteiger partial charge on any atom is -0.462 e. The largest absolute Gasteiger partial charge is 0.462 e. The van der Waals surface area contributed by atoms with Crippen molar-refractivity contribution in [2.45, 2.75) is 39.5 Å².